The summed E-state index contributed by atoms with van der Waals surface area (Å²) >= 11 is 1.45. The number of hydrogen-bond donors (Lipinski definition) is 4. The highest BCUT2D eigenvalue weighted by molar-refractivity contribution is 8.00. The first kappa shape index (κ1) is 24.3. The van der Waals surface area contributed by atoms with Gasteiger partial charge in [0.25, 0.3) is 0 Å². The molecule has 2 amide bonds. The van der Waals surface area contributed by atoms with Crippen LogP contribution in [0.4, 0.5) is 15.9 Å². The number of aliphatic hydroxyl groups is 1. The van der Waals surface area contributed by atoms with Crippen molar-refractivity contribution in [3.8, 4) is 5.88 Å². The average molecular weight is 513 g/mol. The second-order valence-corrected chi connectivity index (χ2v) is 9.82. The summed E-state index contributed by atoms with van der Waals surface area (Å²) in [5.41, 5.74) is 1.34. The van der Waals surface area contributed by atoms with Crippen LogP contribution in [0.1, 0.15) is 18.5 Å². The average Bonchev–Trinajstić information content (AvgIpc) is 3.25. The van der Waals surface area contributed by atoms with Crippen molar-refractivity contribution in [3.63, 3.8) is 0 Å². The summed E-state index contributed by atoms with van der Waals surface area (Å²) in [4.78, 5) is 38.2. The van der Waals surface area contributed by atoms with Crippen molar-refractivity contribution in [3.05, 3.63) is 42.0 Å². The van der Waals surface area contributed by atoms with Crippen LogP contribution in [-0.4, -0.2) is 57.4 Å². The normalized spacial score (nSPS) is 21.2. The summed E-state index contributed by atoms with van der Waals surface area (Å²) in [6, 6.07) is 7.08. The molecule has 0 radical (unpaired) electrons. The Bertz CT molecular complexity index is 1330. The topological polar surface area (TPSA) is 138 Å². The van der Waals surface area contributed by atoms with Crippen LogP contribution in [-0.2, 0) is 16.1 Å². The molecule has 0 spiro atoms. The number of carbonyl (C=O) groups excluding carboxylic acids is 2. The van der Waals surface area contributed by atoms with Gasteiger partial charge in [-0.05, 0) is 37.0 Å². The number of amides is 2. The molecule has 2 aliphatic rings. The van der Waals surface area contributed by atoms with Crippen LogP contribution in [0.5, 0.6) is 5.88 Å². The summed E-state index contributed by atoms with van der Waals surface area (Å²) in [5, 5.41) is 19.3. The minimum Gasteiger partial charge on any atom is -0.481 e. The molecule has 1 fully saturated rings. The van der Waals surface area contributed by atoms with Crippen molar-refractivity contribution < 1.29 is 23.8 Å². The summed E-state index contributed by atoms with van der Waals surface area (Å²) in [6.07, 6.45) is 1.10. The minimum absolute atomic E-state index is 0.0521. The Morgan fingerprint density at radius 1 is 1.28 bits per heavy atom. The molecule has 1 saturated carbocycles. The number of nitrogens with zero attached hydrogens (tertiary/aromatic N) is 3. The first-order valence-corrected chi connectivity index (χ1v) is 12.5. The maximum atomic E-state index is 14.6. The van der Waals surface area contributed by atoms with Crippen molar-refractivity contribution in [1.29, 1.82) is 0 Å². The summed E-state index contributed by atoms with van der Waals surface area (Å²) in [7, 11) is 1.45. The van der Waals surface area contributed by atoms with E-state index in [9.17, 15) is 19.1 Å². The minimum atomic E-state index is -0.694. The van der Waals surface area contributed by atoms with Crippen molar-refractivity contribution >= 4 is 46.1 Å². The molecular formula is C24H25FN6O4S. The number of ether oxygens (including phenoxy) is 1. The Balaban J connectivity index is 1.19. The number of halogens is 1. The van der Waals surface area contributed by atoms with E-state index >= 15 is 0 Å². The molecule has 0 saturated heterocycles. The number of rotatable bonds is 7. The molecule has 4 heterocycles. The zero-order chi connectivity index (χ0) is 25.2. The summed E-state index contributed by atoms with van der Waals surface area (Å²) in [5.74, 6) is -0.538. The molecule has 3 atom stereocenters. The molecule has 12 heteroatoms. The van der Waals surface area contributed by atoms with Crippen molar-refractivity contribution in [2.75, 3.05) is 30.0 Å². The fraction of sp³-hybridized carbons (Fsp3) is 0.375. The van der Waals surface area contributed by atoms with Crippen LogP contribution < -0.4 is 20.7 Å². The summed E-state index contributed by atoms with van der Waals surface area (Å²) in [6.45, 7) is 0.936. The first-order valence-electron chi connectivity index (χ1n) is 11.5. The van der Waals surface area contributed by atoms with E-state index in [0.29, 0.717) is 36.6 Å². The predicted molar refractivity (Wildman–Crippen MR) is 132 cm³/mol. The quantitative estimate of drug-likeness (QED) is 0.376. The van der Waals surface area contributed by atoms with E-state index in [1.54, 1.807) is 12.1 Å². The Kier molecular flexibility index (Phi) is 6.99. The third-order valence-corrected chi connectivity index (χ3v) is 7.42. The van der Waals surface area contributed by atoms with Crippen LogP contribution in [0.25, 0.3) is 11.0 Å². The second-order valence-electron chi connectivity index (χ2n) is 8.80. The Morgan fingerprint density at radius 3 is 2.97 bits per heavy atom. The van der Waals surface area contributed by atoms with E-state index in [4.69, 9.17) is 4.74 Å². The molecule has 5 rings (SSSR count). The van der Waals surface area contributed by atoms with Gasteiger partial charge in [-0.25, -0.2) is 14.4 Å². The molecule has 3 aromatic heterocycles. The van der Waals surface area contributed by atoms with E-state index in [2.05, 4.69) is 30.9 Å². The number of thioether (sulfide) groups is 1. The van der Waals surface area contributed by atoms with Crippen LogP contribution in [0.3, 0.4) is 0 Å². The monoisotopic (exact) mass is 512 g/mol. The molecule has 0 bridgehead atoms. The molecule has 4 N–H and O–H groups in total. The Labute approximate surface area is 210 Å². The fourth-order valence-corrected chi connectivity index (χ4v) is 5.26. The van der Waals surface area contributed by atoms with E-state index in [-0.39, 0.29) is 41.2 Å². The number of aliphatic hydroxyl groups excluding tert-OH is 1. The van der Waals surface area contributed by atoms with Gasteiger partial charge in [0.1, 0.15) is 17.0 Å². The van der Waals surface area contributed by atoms with Gasteiger partial charge >= 0.3 is 0 Å². The highest BCUT2D eigenvalue weighted by Gasteiger charge is 2.37. The zero-order valence-electron chi connectivity index (χ0n) is 19.5. The number of carbonyl (C=O) groups is 2. The van der Waals surface area contributed by atoms with E-state index in [1.807, 2.05) is 12.1 Å². The molecular weight excluding hydrogens is 487 g/mol. The van der Waals surface area contributed by atoms with Gasteiger partial charge in [-0.15, -0.1) is 11.8 Å². The largest absolute Gasteiger partial charge is 0.481 e. The molecule has 36 heavy (non-hydrogen) atoms. The lowest BCUT2D eigenvalue weighted by Gasteiger charge is -2.17. The lowest BCUT2D eigenvalue weighted by molar-refractivity contribution is -0.120. The summed E-state index contributed by atoms with van der Waals surface area (Å²) < 4.78 is 19.7. The van der Waals surface area contributed by atoms with Crippen LogP contribution in [0.2, 0.25) is 0 Å². The lowest BCUT2D eigenvalue weighted by atomic mass is 10.0. The highest BCUT2D eigenvalue weighted by atomic mass is 32.2. The number of pyridine rings is 3. The van der Waals surface area contributed by atoms with Crippen LogP contribution in [0, 0.1) is 17.7 Å². The van der Waals surface area contributed by atoms with Crippen LogP contribution >= 0.6 is 11.8 Å². The molecule has 3 aromatic rings. The van der Waals surface area contributed by atoms with Gasteiger partial charge in [0.15, 0.2) is 5.82 Å². The highest BCUT2D eigenvalue weighted by Crippen LogP contribution is 2.34. The predicted octanol–water partition coefficient (Wildman–Crippen LogP) is 2.33. The van der Waals surface area contributed by atoms with E-state index in [1.165, 1.54) is 18.9 Å². The van der Waals surface area contributed by atoms with Gasteiger partial charge in [-0.2, -0.15) is 0 Å². The number of anilines is 2. The number of hydrogen-bond acceptors (Lipinski definition) is 9. The smallest absolute Gasteiger partial charge is 0.235 e. The van der Waals surface area contributed by atoms with Crippen LogP contribution in [0.15, 0.2) is 35.4 Å². The lowest BCUT2D eigenvalue weighted by Crippen LogP contribution is -2.28. The molecule has 188 valence electrons. The Hall–Kier alpha value is -3.35. The van der Waals surface area contributed by atoms with Crippen molar-refractivity contribution in [2.45, 2.75) is 30.4 Å². The van der Waals surface area contributed by atoms with Gasteiger partial charge < -0.3 is 25.8 Å². The number of fused-ring (bicyclic) bond motifs is 2. The standard InChI is InChI=1S/C24H25FN6O4S/c1-35-20-5-3-16-22(30-20)21(15(25)10-27-16)31-24(34)12-6-13(17(32)7-12)8-26-9-14-2-4-18-23(28-14)29-19(33)11-36-18/h2-5,10,12-13,17,26,32H,6-9,11H2,1H3,(H,27,31,34)(H,28,29,33)/t12-,13+,17+/m0/s1. The second kappa shape index (κ2) is 10.3. The molecule has 0 aromatic carbocycles. The SMILES string of the molecule is COc1ccc2ncc(F)c(NC(=O)[C@H]3C[C@H](CNCc4ccc5c(n4)NC(=O)CS5)[C@H](O)C3)c2n1. The third kappa shape index (κ3) is 5.11. The van der Waals surface area contributed by atoms with Crippen molar-refractivity contribution in [2.24, 2.45) is 11.8 Å². The maximum absolute atomic E-state index is 14.6. The van der Waals surface area contributed by atoms with E-state index in [0.717, 1.165) is 16.8 Å². The molecule has 1 aliphatic carbocycles. The van der Waals surface area contributed by atoms with Gasteiger partial charge in [0.2, 0.25) is 17.7 Å². The van der Waals surface area contributed by atoms with Gasteiger partial charge in [0, 0.05) is 25.1 Å². The van der Waals surface area contributed by atoms with E-state index < -0.39 is 17.8 Å². The molecule has 1 aliphatic heterocycles. The van der Waals surface area contributed by atoms with Gasteiger partial charge in [-0.3, -0.25) is 14.6 Å². The van der Waals surface area contributed by atoms with Gasteiger partial charge in [0.05, 0.1) is 41.3 Å². The number of nitrogens with one attached hydrogen (secondary N) is 3. The zero-order valence-corrected chi connectivity index (χ0v) is 20.3. The third-order valence-electron chi connectivity index (χ3n) is 6.37. The van der Waals surface area contributed by atoms with Gasteiger partial charge in [-0.1, -0.05) is 0 Å². The van der Waals surface area contributed by atoms with Crippen molar-refractivity contribution in [1.82, 2.24) is 20.3 Å². The number of aromatic nitrogens is 3. The molecule has 10 nitrogen and oxygen atoms in total. The maximum Gasteiger partial charge on any atom is 0.235 e. The number of methoxy groups -OCH3 is 1. The first-order chi connectivity index (χ1) is 17.4. The molecule has 0 unspecified atom stereocenters. The Morgan fingerprint density at radius 2 is 2.14 bits per heavy atom. The fourth-order valence-electron chi connectivity index (χ4n) is 4.51.